The first kappa shape index (κ1) is 33.8. The van der Waals surface area contributed by atoms with Gasteiger partial charge in [-0.05, 0) is 120 Å². The van der Waals surface area contributed by atoms with Crippen LogP contribution in [-0.4, -0.2) is 0 Å². The molecule has 0 bridgehead atoms. The summed E-state index contributed by atoms with van der Waals surface area (Å²) in [6, 6.07) is 82.1. The zero-order valence-corrected chi connectivity index (χ0v) is 32.0. The van der Waals surface area contributed by atoms with E-state index < -0.39 is 5.41 Å². The van der Waals surface area contributed by atoms with E-state index in [1.165, 1.54) is 77.9 Å². The van der Waals surface area contributed by atoms with Crippen LogP contribution in [0, 0.1) is 0 Å². The van der Waals surface area contributed by atoms with Gasteiger partial charge in [0.25, 0.3) is 0 Å². The van der Waals surface area contributed by atoms with Gasteiger partial charge in [0.2, 0.25) is 0 Å². The van der Waals surface area contributed by atoms with Gasteiger partial charge in [-0.25, -0.2) is 0 Å². The summed E-state index contributed by atoms with van der Waals surface area (Å²) in [6.45, 7) is 0. The highest BCUT2D eigenvalue weighted by Crippen LogP contribution is 2.59. The predicted molar refractivity (Wildman–Crippen MR) is 244 cm³/mol. The van der Waals surface area contributed by atoms with E-state index >= 15 is 0 Å². The minimum Gasteiger partial charge on any atom is -0.311 e. The first-order valence-corrected chi connectivity index (χ1v) is 20.1. The average Bonchev–Trinajstić information content (AvgIpc) is 3.50. The van der Waals surface area contributed by atoms with Gasteiger partial charge in [0.15, 0.2) is 0 Å². The zero-order chi connectivity index (χ0) is 38.5. The maximum absolute atomic E-state index is 2.46. The first-order chi connectivity index (χ1) is 28.8. The topological polar surface area (TPSA) is 3.24 Å². The van der Waals surface area contributed by atoms with Gasteiger partial charge in [-0.15, -0.1) is 0 Å². The van der Waals surface area contributed by atoms with Crippen molar-refractivity contribution in [2.75, 3.05) is 4.90 Å². The van der Waals surface area contributed by atoms with Crippen LogP contribution in [0.2, 0.25) is 0 Å². The molecule has 0 heterocycles. The van der Waals surface area contributed by atoms with Gasteiger partial charge in [-0.3, -0.25) is 0 Å². The lowest BCUT2D eigenvalue weighted by Crippen LogP contribution is -2.29. The third kappa shape index (κ3) is 5.47. The summed E-state index contributed by atoms with van der Waals surface area (Å²) >= 11 is 0. The van der Waals surface area contributed by atoms with E-state index in [0.29, 0.717) is 0 Å². The van der Waals surface area contributed by atoms with Crippen LogP contribution < -0.4 is 4.90 Å². The molecule has 0 unspecified atom stereocenters. The fourth-order valence-electron chi connectivity index (χ4n) is 9.45. The van der Waals surface area contributed by atoms with Gasteiger partial charge in [-0.2, -0.15) is 0 Å². The third-order valence-electron chi connectivity index (χ3n) is 12.1. The van der Waals surface area contributed by atoms with Gasteiger partial charge in [-0.1, -0.05) is 194 Å². The Bertz CT molecular complexity index is 2830. The molecule has 0 fully saturated rings. The monoisotopic (exact) mass is 737 g/mol. The van der Waals surface area contributed by atoms with Crippen molar-refractivity contribution >= 4 is 29.2 Å². The van der Waals surface area contributed by atoms with Gasteiger partial charge in [0.1, 0.15) is 0 Å². The third-order valence-corrected chi connectivity index (χ3v) is 12.1. The number of hydrogen-bond donors (Lipinski definition) is 0. The quantitative estimate of drug-likeness (QED) is 0.164. The zero-order valence-electron chi connectivity index (χ0n) is 32.0. The number of rotatable bonds is 6. The van der Waals surface area contributed by atoms with E-state index in [0.717, 1.165) is 17.1 Å². The fraction of sp³-hybridized carbons (Fsp3) is 0.0175. The normalized spacial score (nSPS) is 12.9. The summed E-state index contributed by atoms with van der Waals surface area (Å²) in [5.41, 5.74) is 20.5. The first-order valence-electron chi connectivity index (χ1n) is 20.1. The molecule has 2 aliphatic rings. The second-order valence-corrected chi connectivity index (χ2v) is 15.3. The van der Waals surface area contributed by atoms with E-state index in [9.17, 15) is 0 Å². The highest BCUT2D eigenvalue weighted by atomic mass is 15.1. The Morgan fingerprint density at radius 2 is 0.621 bits per heavy atom. The van der Waals surface area contributed by atoms with Crippen molar-refractivity contribution in [3.05, 3.63) is 258 Å². The lowest BCUT2D eigenvalue weighted by molar-refractivity contribution is 0.766. The molecule has 272 valence electrons. The highest BCUT2D eigenvalue weighted by Gasteiger charge is 2.48. The molecule has 1 spiro atoms. The Kier molecular flexibility index (Phi) is 8.12. The van der Waals surface area contributed by atoms with Crippen molar-refractivity contribution in [2.24, 2.45) is 0 Å². The lowest BCUT2D eigenvalue weighted by atomic mass is 9.66. The summed E-state index contributed by atoms with van der Waals surface area (Å²) in [5, 5.41) is 0. The minimum atomic E-state index is -0.451. The average molecular weight is 738 g/mol. The Balaban J connectivity index is 1.02. The van der Waals surface area contributed by atoms with Gasteiger partial charge >= 0.3 is 0 Å². The Morgan fingerprint density at radius 1 is 0.259 bits per heavy atom. The van der Waals surface area contributed by atoms with Gasteiger partial charge in [0.05, 0.1) is 5.41 Å². The molecule has 0 amide bonds. The molecule has 11 rings (SSSR count). The van der Waals surface area contributed by atoms with Crippen LogP contribution in [0.5, 0.6) is 0 Å². The summed E-state index contributed by atoms with van der Waals surface area (Å²) in [4.78, 5) is 2.36. The SMILES string of the molecule is C1=Cc2ccccc2C2(c3ccccc31)c1ccccc1-c1ccc(-c3ccc(N(c4ccc(-c5ccccc5)cc4)c4ccc(-c5ccccc5)cc4)cc3)cc12. The number of nitrogens with zero attached hydrogens (tertiary/aromatic N) is 1. The highest BCUT2D eigenvalue weighted by molar-refractivity contribution is 5.93. The molecule has 9 aromatic rings. The van der Waals surface area contributed by atoms with E-state index in [4.69, 9.17) is 0 Å². The van der Waals surface area contributed by atoms with Crippen LogP contribution in [0.1, 0.15) is 33.4 Å². The molecule has 0 saturated heterocycles. The predicted octanol–water partition coefficient (Wildman–Crippen LogP) is 15.0. The van der Waals surface area contributed by atoms with E-state index in [1.54, 1.807) is 0 Å². The Hall–Kier alpha value is -7.48. The second-order valence-electron chi connectivity index (χ2n) is 15.3. The number of anilines is 3. The molecule has 0 N–H and O–H groups in total. The van der Waals surface area contributed by atoms with Crippen LogP contribution in [0.4, 0.5) is 17.1 Å². The van der Waals surface area contributed by atoms with Crippen molar-refractivity contribution in [1.82, 2.24) is 0 Å². The summed E-state index contributed by atoms with van der Waals surface area (Å²) in [7, 11) is 0. The molecule has 0 aliphatic heterocycles. The van der Waals surface area contributed by atoms with Crippen LogP contribution >= 0.6 is 0 Å². The summed E-state index contributed by atoms with van der Waals surface area (Å²) in [5.74, 6) is 0. The van der Waals surface area contributed by atoms with Crippen molar-refractivity contribution in [3.63, 3.8) is 0 Å². The molecule has 58 heavy (non-hydrogen) atoms. The molecule has 0 radical (unpaired) electrons. The minimum absolute atomic E-state index is 0.451. The largest absolute Gasteiger partial charge is 0.311 e. The van der Waals surface area contributed by atoms with Crippen molar-refractivity contribution in [3.8, 4) is 44.5 Å². The molecule has 0 aromatic heterocycles. The van der Waals surface area contributed by atoms with Crippen molar-refractivity contribution < 1.29 is 0 Å². The van der Waals surface area contributed by atoms with Gasteiger partial charge in [0, 0.05) is 17.1 Å². The van der Waals surface area contributed by atoms with Crippen LogP contribution in [0.25, 0.3) is 56.7 Å². The fourth-order valence-corrected chi connectivity index (χ4v) is 9.45. The number of benzene rings is 9. The second kappa shape index (κ2) is 13.9. The lowest BCUT2D eigenvalue weighted by Gasteiger charge is -2.35. The van der Waals surface area contributed by atoms with Crippen LogP contribution in [-0.2, 0) is 5.41 Å². The molecule has 0 atom stereocenters. The number of fused-ring (bicyclic) bond motifs is 9. The van der Waals surface area contributed by atoms with Crippen molar-refractivity contribution in [1.29, 1.82) is 0 Å². The molecule has 0 saturated carbocycles. The molecule has 1 heteroatoms. The van der Waals surface area contributed by atoms with E-state index in [2.05, 4.69) is 242 Å². The maximum Gasteiger partial charge on any atom is 0.0725 e. The molecule has 1 nitrogen and oxygen atoms in total. The smallest absolute Gasteiger partial charge is 0.0725 e. The van der Waals surface area contributed by atoms with E-state index in [-0.39, 0.29) is 0 Å². The molecule has 2 aliphatic carbocycles. The summed E-state index contributed by atoms with van der Waals surface area (Å²) in [6.07, 6.45) is 4.59. The molecular formula is C57H39N. The van der Waals surface area contributed by atoms with Crippen molar-refractivity contribution in [2.45, 2.75) is 5.41 Å². The summed E-state index contributed by atoms with van der Waals surface area (Å²) < 4.78 is 0. The van der Waals surface area contributed by atoms with Gasteiger partial charge < -0.3 is 4.90 Å². The Morgan fingerprint density at radius 3 is 1.12 bits per heavy atom. The molecule has 9 aromatic carbocycles. The maximum atomic E-state index is 2.46. The van der Waals surface area contributed by atoms with Crippen LogP contribution in [0.3, 0.4) is 0 Å². The van der Waals surface area contributed by atoms with E-state index in [1.807, 2.05) is 0 Å². The standard InChI is InChI=1S/C57H39N/c1-3-13-40(14-4-1)42-25-32-48(33-26-42)58(49-34-27-43(28-35-49)41-15-5-2-6-16-41)50-36-29-44(30-37-50)47-31-38-52-51-19-9-12-22-55(51)57(56(52)39-47)53-20-10-7-17-45(53)23-24-46-18-8-11-21-54(46)57/h1-39H. The molecular weight excluding hydrogens is 699 g/mol. The Labute approximate surface area is 340 Å². The number of hydrogen-bond acceptors (Lipinski definition) is 1. The van der Waals surface area contributed by atoms with Crippen LogP contribution in [0.15, 0.2) is 224 Å².